The molecule has 0 aliphatic heterocycles. The average molecular weight is 157 g/mol. The molecule has 0 radical (unpaired) electrons. The zero-order valence-corrected chi connectivity index (χ0v) is 7.14. The van der Waals surface area contributed by atoms with Crippen LogP contribution < -0.4 is 5.32 Å². The summed E-state index contributed by atoms with van der Waals surface area (Å²) in [5.41, 5.74) is 0.278. The second-order valence-electron chi connectivity index (χ2n) is 3.31. The van der Waals surface area contributed by atoms with E-state index < -0.39 is 0 Å². The summed E-state index contributed by atoms with van der Waals surface area (Å²) in [5.74, 6) is -0.174. The highest BCUT2D eigenvalue weighted by Crippen LogP contribution is 2.45. The van der Waals surface area contributed by atoms with E-state index in [0.717, 1.165) is 6.54 Å². The maximum absolute atomic E-state index is 10.5. The summed E-state index contributed by atoms with van der Waals surface area (Å²) < 4.78 is 4.94. The molecule has 0 atom stereocenters. The van der Waals surface area contributed by atoms with Crippen LogP contribution in [0.3, 0.4) is 0 Å². The first kappa shape index (κ1) is 8.53. The van der Waals surface area contributed by atoms with Crippen LogP contribution >= 0.6 is 0 Å². The number of ether oxygens (including phenoxy) is 1. The highest BCUT2D eigenvalue weighted by molar-refractivity contribution is 5.65. The highest BCUT2D eigenvalue weighted by atomic mass is 16.5. The van der Waals surface area contributed by atoms with Gasteiger partial charge in [-0.1, -0.05) is 0 Å². The van der Waals surface area contributed by atoms with E-state index in [-0.39, 0.29) is 11.4 Å². The molecule has 1 rings (SSSR count). The Hall–Kier alpha value is -0.570. The smallest absolute Gasteiger partial charge is 0.302 e. The van der Waals surface area contributed by atoms with E-state index in [1.165, 1.54) is 19.8 Å². The Morgan fingerprint density at radius 2 is 2.27 bits per heavy atom. The van der Waals surface area contributed by atoms with E-state index in [4.69, 9.17) is 4.74 Å². The molecular formula is C8H15NO2. The van der Waals surface area contributed by atoms with Crippen LogP contribution in [0.5, 0.6) is 0 Å². The van der Waals surface area contributed by atoms with Gasteiger partial charge in [-0.15, -0.1) is 0 Å². The van der Waals surface area contributed by atoms with Gasteiger partial charge < -0.3 is 10.1 Å². The quantitative estimate of drug-likeness (QED) is 0.606. The summed E-state index contributed by atoms with van der Waals surface area (Å²) in [4.78, 5) is 10.5. The normalized spacial score (nSPS) is 19.5. The lowest BCUT2D eigenvalue weighted by Crippen LogP contribution is -2.25. The Kier molecular flexibility index (Phi) is 2.49. The molecule has 1 fully saturated rings. The van der Waals surface area contributed by atoms with Crippen molar-refractivity contribution in [3.05, 3.63) is 0 Å². The second kappa shape index (κ2) is 3.22. The molecule has 0 aromatic rings. The van der Waals surface area contributed by atoms with Gasteiger partial charge in [0.2, 0.25) is 0 Å². The highest BCUT2D eigenvalue weighted by Gasteiger charge is 2.42. The first-order valence-electron chi connectivity index (χ1n) is 3.96. The molecule has 0 bridgehead atoms. The molecule has 0 aromatic heterocycles. The lowest BCUT2D eigenvalue weighted by atomic mass is 10.1. The van der Waals surface area contributed by atoms with E-state index in [1.54, 1.807) is 0 Å². The van der Waals surface area contributed by atoms with E-state index in [0.29, 0.717) is 6.61 Å². The summed E-state index contributed by atoms with van der Waals surface area (Å²) in [6, 6.07) is 0. The van der Waals surface area contributed by atoms with Crippen LogP contribution in [-0.4, -0.2) is 26.2 Å². The van der Waals surface area contributed by atoms with Gasteiger partial charge in [0.15, 0.2) is 0 Å². The van der Waals surface area contributed by atoms with Crippen LogP contribution in [0.1, 0.15) is 19.8 Å². The maximum atomic E-state index is 10.5. The van der Waals surface area contributed by atoms with Gasteiger partial charge in [0.1, 0.15) is 0 Å². The summed E-state index contributed by atoms with van der Waals surface area (Å²) in [6.45, 7) is 3.00. The second-order valence-corrected chi connectivity index (χ2v) is 3.31. The Balaban J connectivity index is 2.19. The minimum Gasteiger partial charge on any atom is -0.465 e. The topological polar surface area (TPSA) is 38.3 Å². The van der Waals surface area contributed by atoms with Crippen molar-refractivity contribution in [2.24, 2.45) is 5.41 Å². The molecule has 1 aliphatic rings. The number of carbonyl (C=O) groups excluding carboxylic acids is 1. The van der Waals surface area contributed by atoms with Crippen LogP contribution in [0.2, 0.25) is 0 Å². The zero-order chi connectivity index (χ0) is 8.32. The lowest BCUT2D eigenvalue weighted by Gasteiger charge is -2.13. The number of esters is 1. The fourth-order valence-corrected chi connectivity index (χ4v) is 1.18. The average Bonchev–Trinajstić information content (AvgIpc) is 2.67. The molecule has 0 amide bonds. The van der Waals surface area contributed by atoms with Crippen molar-refractivity contribution in [1.29, 1.82) is 0 Å². The molecular weight excluding hydrogens is 142 g/mol. The summed E-state index contributed by atoms with van der Waals surface area (Å²) in [5, 5.41) is 3.10. The zero-order valence-electron chi connectivity index (χ0n) is 7.14. The minimum absolute atomic E-state index is 0.174. The van der Waals surface area contributed by atoms with Crippen LogP contribution in [0, 0.1) is 5.41 Å². The van der Waals surface area contributed by atoms with Crippen LogP contribution in [0.25, 0.3) is 0 Å². The summed E-state index contributed by atoms with van der Waals surface area (Å²) in [7, 11) is 1.92. The number of hydrogen-bond donors (Lipinski definition) is 1. The summed E-state index contributed by atoms with van der Waals surface area (Å²) in [6.07, 6.45) is 2.36. The molecule has 11 heavy (non-hydrogen) atoms. The number of nitrogens with one attached hydrogen (secondary N) is 1. The Labute approximate surface area is 67.1 Å². The van der Waals surface area contributed by atoms with Gasteiger partial charge in [0, 0.05) is 18.9 Å². The molecule has 3 nitrogen and oxygen atoms in total. The standard InChI is InChI=1S/C8H15NO2/c1-7(10)11-6-8(3-4-8)5-9-2/h9H,3-6H2,1-2H3. The predicted molar refractivity (Wildman–Crippen MR) is 42.2 cm³/mol. The van der Waals surface area contributed by atoms with Gasteiger partial charge in [-0.3, -0.25) is 4.79 Å². The Bertz CT molecular complexity index is 152. The van der Waals surface area contributed by atoms with Gasteiger partial charge in [0.25, 0.3) is 0 Å². The largest absolute Gasteiger partial charge is 0.465 e. The molecule has 0 heterocycles. The fraction of sp³-hybridized carbons (Fsp3) is 0.875. The molecule has 64 valence electrons. The molecule has 0 saturated heterocycles. The van der Waals surface area contributed by atoms with Crippen molar-refractivity contribution in [3.8, 4) is 0 Å². The third kappa shape index (κ3) is 2.50. The van der Waals surface area contributed by atoms with Crippen molar-refractivity contribution in [2.75, 3.05) is 20.2 Å². The van der Waals surface area contributed by atoms with Gasteiger partial charge in [0.05, 0.1) is 6.61 Å². The van der Waals surface area contributed by atoms with Crippen LogP contribution in [-0.2, 0) is 9.53 Å². The molecule has 0 unspecified atom stereocenters. The first-order chi connectivity index (χ1) is 5.18. The number of hydrogen-bond acceptors (Lipinski definition) is 3. The monoisotopic (exact) mass is 157 g/mol. The van der Waals surface area contributed by atoms with Gasteiger partial charge in [-0.25, -0.2) is 0 Å². The number of rotatable bonds is 4. The molecule has 1 aliphatic carbocycles. The predicted octanol–water partition coefficient (Wildman–Crippen LogP) is 0.549. The van der Waals surface area contributed by atoms with Crippen LogP contribution in [0.4, 0.5) is 0 Å². The van der Waals surface area contributed by atoms with Crippen molar-refractivity contribution >= 4 is 5.97 Å². The maximum Gasteiger partial charge on any atom is 0.302 e. The van der Waals surface area contributed by atoms with Gasteiger partial charge in [-0.05, 0) is 19.9 Å². The van der Waals surface area contributed by atoms with E-state index in [2.05, 4.69) is 5.32 Å². The van der Waals surface area contributed by atoms with Gasteiger partial charge >= 0.3 is 5.97 Å². The van der Waals surface area contributed by atoms with E-state index in [1.807, 2.05) is 7.05 Å². The van der Waals surface area contributed by atoms with E-state index in [9.17, 15) is 4.79 Å². The third-order valence-corrected chi connectivity index (χ3v) is 2.09. The molecule has 0 aromatic carbocycles. The SMILES string of the molecule is CNCC1(COC(C)=O)CC1. The summed E-state index contributed by atoms with van der Waals surface area (Å²) >= 11 is 0. The Morgan fingerprint density at radius 3 is 2.64 bits per heavy atom. The number of carbonyl (C=O) groups is 1. The van der Waals surface area contributed by atoms with Gasteiger partial charge in [-0.2, -0.15) is 0 Å². The van der Waals surface area contributed by atoms with Crippen molar-refractivity contribution < 1.29 is 9.53 Å². The molecule has 0 spiro atoms. The Morgan fingerprint density at radius 1 is 1.64 bits per heavy atom. The molecule has 1 saturated carbocycles. The van der Waals surface area contributed by atoms with Crippen molar-refractivity contribution in [2.45, 2.75) is 19.8 Å². The third-order valence-electron chi connectivity index (χ3n) is 2.09. The van der Waals surface area contributed by atoms with Crippen molar-refractivity contribution in [1.82, 2.24) is 5.32 Å². The molecule has 3 heteroatoms. The van der Waals surface area contributed by atoms with Crippen LogP contribution in [0.15, 0.2) is 0 Å². The minimum atomic E-state index is -0.174. The fourth-order valence-electron chi connectivity index (χ4n) is 1.18. The van der Waals surface area contributed by atoms with Crippen molar-refractivity contribution in [3.63, 3.8) is 0 Å². The molecule has 1 N–H and O–H groups in total. The first-order valence-corrected chi connectivity index (χ1v) is 3.96. The van der Waals surface area contributed by atoms with E-state index >= 15 is 0 Å². The lowest BCUT2D eigenvalue weighted by molar-refractivity contribution is -0.142.